The third-order valence-electron chi connectivity index (χ3n) is 6.76. The van der Waals surface area contributed by atoms with E-state index in [1.54, 1.807) is 0 Å². The molecule has 0 aromatic heterocycles. The van der Waals surface area contributed by atoms with Gasteiger partial charge in [0.15, 0.2) is 0 Å². The van der Waals surface area contributed by atoms with E-state index in [1.165, 1.54) is 50.1 Å². The Bertz CT molecular complexity index is 1680. The van der Waals surface area contributed by atoms with Crippen molar-refractivity contribution in [3.63, 3.8) is 0 Å². The quantitative estimate of drug-likeness (QED) is 0.149. The van der Waals surface area contributed by atoms with Gasteiger partial charge in [-0.05, 0) is 51.9 Å². The molecule has 220 valence electrons. The van der Waals surface area contributed by atoms with E-state index in [9.17, 15) is 9.59 Å². The Labute approximate surface area is 261 Å². The Morgan fingerprint density at radius 2 is 1.07 bits per heavy atom. The average Bonchev–Trinajstić information content (AvgIpc) is 3.39. The van der Waals surface area contributed by atoms with Crippen molar-refractivity contribution in [1.82, 2.24) is 4.90 Å². The van der Waals surface area contributed by atoms with E-state index in [1.807, 2.05) is 78.9 Å². The summed E-state index contributed by atoms with van der Waals surface area (Å²) in [5, 5.41) is 2.55. The standard InChI is InChI=1S/C12H10.C11H9NO2.2C9H10/c1-2-10-7-5-8-11-6-3-4-9-12(10)11;13-10-6-7-11(14)12(10)8-9-4-2-1-3-5-9;1-3-9-7-5-4-6-8(9)2;1-2-6-9-7-4-3-5-8-9/h2-9H,1H2;1-7H,8H2;3-7H,1H2,2H3;2-5,7-8H,1,6H2. The molecule has 0 bridgehead atoms. The van der Waals surface area contributed by atoms with E-state index < -0.39 is 0 Å². The van der Waals surface area contributed by atoms with Gasteiger partial charge < -0.3 is 0 Å². The largest absolute Gasteiger partial charge is 0.271 e. The van der Waals surface area contributed by atoms with Crippen molar-refractivity contribution in [2.24, 2.45) is 0 Å². The molecule has 0 radical (unpaired) electrons. The van der Waals surface area contributed by atoms with Crippen LogP contribution >= 0.6 is 0 Å². The van der Waals surface area contributed by atoms with Crippen molar-refractivity contribution < 1.29 is 9.59 Å². The molecule has 3 nitrogen and oxygen atoms in total. The number of carbonyl (C=O) groups excluding carboxylic acids is 2. The first-order valence-corrected chi connectivity index (χ1v) is 14.5. The first-order chi connectivity index (χ1) is 21.5. The van der Waals surface area contributed by atoms with Gasteiger partial charge in [0.2, 0.25) is 0 Å². The Balaban J connectivity index is 0.000000163. The highest BCUT2D eigenvalue weighted by Gasteiger charge is 2.22. The molecule has 5 aromatic carbocycles. The molecule has 2 amide bonds. The van der Waals surface area contributed by atoms with Gasteiger partial charge in [-0.3, -0.25) is 14.5 Å². The van der Waals surface area contributed by atoms with E-state index in [0.717, 1.165) is 12.0 Å². The molecule has 44 heavy (non-hydrogen) atoms. The van der Waals surface area contributed by atoms with Crippen LogP contribution in [-0.4, -0.2) is 16.7 Å². The summed E-state index contributed by atoms with van der Waals surface area (Å²) in [5.74, 6) is -0.474. The van der Waals surface area contributed by atoms with Crippen molar-refractivity contribution in [3.05, 3.63) is 193 Å². The second-order valence-electron chi connectivity index (χ2n) is 9.89. The van der Waals surface area contributed by atoms with Gasteiger partial charge in [0.25, 0.3) is 11.8 Å². The highest BCUT2D eigenvalue weighted by molar-refractivity contribution is 6.12. The minimum absolute atomic E-state index is 0.237. The van der Waals surface area contributed by atoms with Gasteiger partial charge in [-0.2, -0.15) is 0 Å². The molecule has 3 heteroatoms. The predicted molar refractivity (Wildman–Crippen MR) is 187 cm³/mol. The Hall–Kier alpha value is -5.54. The van der Waals surface area contributed by atoms with Gasteiger partial charge in [0, 0.05) is 12.2 Å². The Morgan fingerprint density at radius 1 is 0.568 bits per heavy atom. The number of fused-ring (bicyclic) bond motifs is 1. The van der Waals surface area contributed by atoms with Gasteiger partial charge in [-0.1, -0.05) is 159 Å². The second kappa shape index (κ2) is 18.1. The maximum Gasteiger partial charge on any atom is 0.253 e. The van der Waals surface area contributed by atoms with Crippen LogP contribution in [0.15, 0.2) is 165 Å². The minimum Gasteiger partial charge on any atom is -0.271 e. The van der Waals surface area contributed by atoms with Crippen LogP contribution in [0, 0.1) is 6.92 Å². The summed E-state index contributed by atoms with van der Waals surface area (Å²) in [6.45, 7) is 13.6. The maximum absolute atomic E-state index is 11.2. The van der Waals surface area contributed by atoms with E-state index in [0.29, 0.717) is 6.54 Å². The number of aryl methyl sites for hydroxylation is 1. The fraction of sp³-hybridized carbons (Fsp3) is 0.0732. The van der Waals surface area contributed by atoms with Gasteiger partial charge in [-0.15, -0.1) is 6.58 Å². The summed E-state index contributed by atoms with van der Waals surface area (Å²) in [5.41, 5.74) is 5.99. The molecule has 1 heterocycles. The molecule has 1 aliphatic heterocycles. The lowest BCUT2D eigenvalue weighted by Crippen LogP contribution is -2.29. The number of benzene rings is 5. The average molecular weight is 578 g/mol. The van der Waals surface area contributed by atoms with E-state index in [-0.39, 0.29) is 11.8 Å². The molecule has 0 saturated carbocycles. The predicted octanol–water partition coefficient (Wildman–Crippen LogP) is 9.65. The number of allylic oxidation sites excluding steroid dienone is 1. The molecule has 6 rings (SSSR count). The van der Waals surface area contributed by atoms with E-state index in [4.69, 9.17) is 0 Å². The number of hydrogen-bond acceptors (Lipinski definition) is 2. The highest BCUT2D eigenvalue weighted by Crippen LogP contribution is 2.18. The molecular weight excluding hydrogens is 538 g/mol. The van der Waals surface area contributed by atoms with E-state index >= 15 is 0 Å². The lowest BCUT2D eigenvalue weighted by Gasteiger charge is -2.13. The van der Waals surface area contributed by atoms with Gasteiger partial charge in [0.1, 0.15) is 0 Å². The zero-order valence-corrected chi connectivity index (χ0v) is 25.3. The monoisotopic (exact) mass is 577 g/mol. The minimum atomic E-state index is -0.237. The molecular formula is C41H39NO2. The molecule has 0 unspecified atom stereocenters. The molecule has 5 aromatic rings. The molecule has 1 aliphatic rings. The van der Waals surface area contributed by atoms with Crippen LogP contribution in [0.2, 0.25) is 0 Å². The number of rotatable bonds is 6. The maximum atomic E-state index is 11.2. The van der Waals surface area contributed by atoms with Crippen LogP contribution in [-0.2, 0) is 22.6 Å². The lowest BCUT2D eigenvalue weighted by atomic mass is 10.1. The molecule has 0 spiro atoms. The van der Waals surface area contributed by atoms with Crippen LogP contribution < -0.4 is 0 Å². The molecule has 0 saturated heterocycles. The van der Waals surface area contributed by atoms with Crippen LogP contribution in [0.5, 0.6) is 0 Å². The number of hydrogen-bond donors (Lipinski definition) is 0. The number of nitrogens with zero attached hydrogens (tertiary/aromatic N) is 1. The summed E-state index contributed by atoms with van der Waals surface area (Å²) < 4.78 is 0. The summed E-state index contributed by atoms with van der Waals surface area (Å²) in [6.07, 6.45) is 9.24. The zero-order valence-electron chi connectivity index (χ0n) is 25.3. The van der Waals surface area contributed by atoms with Gasteiger partial charge in [0.05, 0.1) is 6.54 Å². The van der Waals surface area contributed by atoms with Crippen LogP contribution in [0.3, 0.4) is 0 Å². The van der Waals surface area contributed by atoms with Crippen molar-refractivity contribution >= 4 is 34.7 Å². The van der Waals surface area contributed by atoms with Crippen molar-refractivity contribution in [1.29, 1.82) is 0 Å². The van der Waals surface area contributed by atoms with Gasteiger partial charge >= 0.3 is 0 Å². The molecule has 0 fully saturated rings. The Morgan fingerprint density at radius 3 is 1.64 bits per heavy atom. The third kappa shape index (κ3) is 10.4. The molecule has 0 N–H and O–H groups in total. The zero-order chi connectivity index (χ0) is 31.6. The van der Waals surface area contributed by atoms with Crippen LogP contribution in [0.4, 0.5) is 0 Å². The highest BCUT2D eigenvalue weighted by atomic mass is 16.2. The topological polar surface area (TPSA) is 37.4 Å². The summed E-state index contributed by atoms with van der Waals surface area (Å²) in [7, 11) is 0. The first-order valence-electron chi connectivity index (χ1n) is 14.5. The molecule has 0 atom stereocenters. The van der Waals surface area contributed by atoms with Crippen LogP contribution in [0.1, 0.15) is 27.8 Å². The smallest absolute Gasteiger partial charge is 0.253 e. The second-order valence-corrected chi connectivity index (χ2v) is 9.89. The van der Waals surface area contributed by atoms with Crippen molar-refractivity contribution in [2.75, 3.05) is 0 Å². The SMILES string of the molecule is C=CCc1ccccc1.C=Cc1cccc2ccccc12.C=Cc1ccccc1C.O=C1C=CC(=O)N1Cc1ccccc1. The van der Waals surface area contributed by atoms with Crippen LogP contribution in [0.25, 0.3) is 22.9 Å². The first kappa shape index (κ1) is 33.0. The normalized spacial score (nSPS) is 11.2. The number of carbonyl (C=O) groups is 2. The number of imide groups is 1. The van der Waals surface area contributed by atoms with E-state index in [2.05, 4.69) is 93.4 Å². The van der Waals surface area contributed by atoms with Gasteiger partial charge in [-0.25, -0.2) is 0 Å². The lowest BCUT2D eigenvalue weighted by molar-refractivity contribution is -0.137. The van der Waals surface area contributed by atoms with Crippen molar-refractivity contribution in [2.45, 2.75) is 19.9 Å². The molecule has 0 aliphatic carbocycles. The summed E-state index contributed by atoms with van der Waals surface area (Å²) >= 11 is 0. The fourth-order valence-electron chi connectivity index (χ4n) is 4.38. The summed E-state index contributed by atoms with van der Waals surface area (Å²) in [4.78, 5) is 23.6. The van der Waals surface area contributed by atoms with Crippen molar-refractivity contribution in [3.8, 4) is 0 Å². The third-order valence-corrected chi connectivity index (χ3v) is 6.76. The Kier molecular flexibility index (Phi) is 13.6. The summed E-state index contributed by atoms with van der Waals surface area (Å²) in [6, 6.07) is 42.5. The number of amides is 2. The fourth-order valence-corrected chi connectivity index (χ4v) is 4.38.